The van der Waals surface area contributed by atoms with E-state index in [-0.39, 0.29) is 11.3 Å². The standard InChI is InChI=1S/C18H23N5O/c1-21-12-15(10-20-21)13-22-8-3-5-18(14-22)6-9-23(17(18)24)16-4-2-7-19-11-16/h2,4,7,10-12H,3,5-6,8-9,13-14H2,1H3/t18-/m0/s1. The Balaban J connectivity index is 1.49. The third-order valence-corrected chi connectivity index (χ3v) is 5.29. The number of carbonyl (C=O) groups excluding carboxylic acids is 1. The van der Waals surface area contributed by atoms with Crippen LogP contribution in [-0.4, -0.2) is 45.2 Å². The van der Waals surface area contributed by atoms with Crippen molar-refractivity contribution in [2.45, 2.75) is 25.8 Å². The molecule has 0 bridgehead atoms. The molecule has 6 heteroatoms. The molecule has 0 aromatic carbocycles. The van der Waals surface area contributed by atoms with Gasteiger partial charge in [0, 0.05) is 44.6 Å². The molecule has 2 fully saturated rings. The second-order valence-corrected chi connectivity index (χ2v) is 7.03. The summed E-state index contributed by atoms with van der Waals surface area (Å²) in [6.45, 7) is 3.56. The molecule has 2 aliphatic rings. The van der Waals surface area contributed by atoms with E-state index in [0.717, 1.165) is 51.1 Å². The van der Waals surface area contributed by atoms with E-state index in [9.17, 15) is 4.79 Å². The predicted molar refractivity (Wildman–Crippen MR) is 91.4 cm³/mol. The number of anilines is 1. The second-order valence-electron chi connectivity index (χ2n) is 7.03. The van der Waals surface area contributed by atoms with Gasteiger partial charge >= 0.3 is 0 Å². The van der Waals surface area contributed by atoms with E-state index in [2.05, 4.69) is 21.2 Å². The lowest BCUT2D eigenvalue weighted by atomic mass is 9.78. The highest BCUT2D eigenvalue weighted by molar-refractivity contribution is 6.00. The SMILES string of the molecule is Cn1cc(CN2CCC[C@]3(CCN(c4cccnc4)C3=O)C2)cn1. The molecule has 1 spiro atoms. The van der Waals surface area contributed by atoms with Crippen molar-refractivity contribution in [2.75, 3.05) is 24.5 Å². The smallest absolute Gasteiger partial charge is 0.234 e. The van der Waals surface area contributed by atoms with Gasteiger partial charge in [-0.2, -0.15) is 5.10 Å². The van der Waals surface area contributed by atoms with Crippen molar-refractivity contribution in [3.8, 4) is 0 Å². The Labute approximate surface area is 142 Å². The van der Waals surface area contributed by atoms with Crippen molar-refractivity contribution in [2.24, 2.45) is 12.5 Å². The van der Waals surface area contributed by atoms with Gasteiger partial charge in [0.25, 0.3) is 0 Å². The monoisotopic (exact) mass is 325 g/mol. The fourth-order valence-electron chi connectivity index (χ4n) is 4.13. The van der Waals surface area contributed by atoms with E-state index in [4.69, 9.17) is 0 Å². The minimum absolute atomic E-state index is 0.226. The molecule has 1 amide bonds. The van der Waals surface area contributed by atoms with Crippen molar-refractivity contribution in [3.63, 3.8) is 0 Å². The molecule has 2 aliphatic heterocycles. The number of piperidine rings is 1. The number of nitrogens with zero attached hydrogens (tertiary/aromatic N) is 5. The van der Waals surface area contributed by atoms with Crippen LogP contribution in [0.3, 0.4) is 0 Å². The van der Waals surface area contributed by atoms with Crippen LogP contribution in [0.2, 0.25) is 0 Å². The summed E-state index contributed by atoms with van der Waals surface area (Å²) < 4.78 is 1.83. The third-order valence-electron chi connectivity index (χ3n) is 5.29. The van der Waals surface area contributed by atoms with Gasteiger partial charge in [-0.1, -0.05) is 0 Å². The zero-order chi connectivity index (χ0) is 16.6. The molecule has 24 heavy (non-hydrogen) atoms. The van der Waals surface area contributed by atoms with Crippen LogP contribution in [0.15, 0.2) is 36.9 Å². The van der Waals surface area contributed by atoms with Gasteiger partial charge < -0.3 is 4.90 Å². The summed E-state index contributed by atoms with van der Waals surface area (Å²) in [6.07, 6.45) is 10.5. The average Bonchev–Trinajstić information content (AvgIpc) is 3.13. The first-order chi connectivity index (χ1) is 11.7. The maximum atomic E-state index is 13.1. The summed E-state index contributed by atoms with van der Waals surface area (Å²) in [5.41, 5.74) is 1.91. The van der Waals surface area contributed by atoms with E-state index >= 15 is 0 Å². The van der Waals surface area contributed by atoms with Crippen LogP contribution in [0.5, 0.6) is 0 Å². The van der Waals surface area contributed by atoms with E-state index in [0.29, 0.717) is 0 Å². The van der Waals surface area contributed by atoms with Gasteiger partial charge in [-0.15, -0.1) is 0 Å². The quantitative estimate of drug-likeness (QED) is 0.864. The van der Waals surface area contributed by atoms with Crippen molar-refractivity contribution < 1.29 is 4.79 Å². The second kappa shape index (κ2) is 6.02. The van der Waals surface area contributed by atoms with Crippen molar-refractivity contribution in [1.82, 2.24) is 19.7 Å². The Morgan fingerprint density at radius 2 is 2.17 bits per heavy atom. The number of hydrogen-bond donors (Lipinski definition) is 0. The molecule has 0 aliphatic carbocycles. The molecule has 1 atom stereocenters. The molecule has 0 saturated carbocycles. The van der Waals surface area contributed by atoms with Crippen LogP contribution >= 0.6 is 0 Å². The molecule has 2 saturated heterocycles. The number of rotatable bonds is 3. The predicted octanol–water partition coefficient (Wildman–Crippen LogP) is 1.83. The van der Waals surface area contributed by atoms with Gasteiger partial charge in [0.15, 0.2) is 0 Å². The first-order valence-electron chi connectivity index (χ1n) is 8.58. The maximum Gasteiger partial charge on any atom is 0.234 e. The van der Waals surface area contributed by atoms with Crippen molar-refractivity contribution in [3.05, 3.63) is 42.5 Å². The van der Waals surface area contributed by atoms with Crippen LogP contribution in [0.25, 0.3) is 0 Å². The number of pyridine rings is 1. The molecular formula is C18H23N5O. The Kier molecular flexibility index (Phi) is 3.84. The zero-order valence-corrected chi connectivity index (χ0v) is 14.1. The van der Waals surface area contributed by atoms with Gasteiger partial charge in [0.1, 0.15) is 0 Å². The lowest BCUT2D eigenvalue weighted by Gasteiger charge is -2.38. The van der Waals surface area contributed by atoms with Crippen LogP contribution in [-0.2, 0) is 18.4 Å². The van der Waals surface area contributed by atoms with Gasteiger partial charge in [-0.05, 0) is 37.9 Å². The summed E-state index contributed by atoms with van der Waals surface area (Å²) >= 11 is 0. The van der Waals surface area contributed by atoms with E-state index in [1.165, 1.54) is 5.56 Å². The molecule has 2 aromatic rings. The molecule has 126 valence electrons. The highest BCUT2D eigenvalue weighted by Crippen LogP contribution is 2.41. The molecular weight excluding hydrogens is 302 g/mol. The molecule has 4 heterocycles. The summed E-state index contributed by atoms with van der Waals surface area (Å²) in [5.74, 6) is 0.270. The highest BCUT2D eigenvalue weighted by Gasteiger charge is 2.49. The number of carbonyl (C=O) groups is 1. The number of likely N-dealkylation sites (tertiary alicyclic amines) is 1. The first-order valence-corrected chi connectivity index (χ1v) is 8.58. The fourth-order valence-corrected chi connectivity index (χ4v) is 4.13. The maximum absolute atomic E-state index is 13.1. The number of aromatic nitrogens is 3. The highest BCUT2D eigenvalue weighted by atomic mass is 16.2. The van der Waals surface area contributed by atoms with Crippen LogP contribution in [0.4, 0.5) is 5.69 Å². The topological polar surface area (TPSA) is 54.3 Å². The first kappa shape index (κ1) is 15.3. The molecule has 0 unspecified atom stereocenters. The van der Waals surface area contributed by atoms with E-state index in [1.54, 1.807) is 12.4 Å². The largest absolute Gasteiger partial charge is 0.310 e. The Bertz CT molecular complexity index is 728. The lowest BCUT2D eigenvalue weighted by Crippen LogP contribution is -2.47. The van der Waals surface area contributed by atoms with Crippen LogP contribution in [0, 0.1) is 5.41 Å². The molecule has 2 aromatic heterocycles. The van der Waals surface area contributed by atoms with Crippen molar-refractivity contribution >= 4 is 11.6 Å². The molecule has 0 radical (unpaired) electrons. The number of amides is 1. The molecule has 0 N–H and O–H groups in total. The lowest BCUT2D eigenvalue weighted by molar-refractivity contribution is -0.128. The van der Waals surface area contributed by atoms with Gasteiger partial charge in [-0.3, -0.25) is 19.4 Å². The van der Waals surface area contributed by atoms with Crippen molar-refractivity contribution in [1.29, 1.82) is 0 Å². The Morgan fingerprint density at radius 1 is 1.25 bits per heavy atom. The van der Waals surface area contributed by atoms with E-state index in [1.807, 2.05) is 35.0 Å². The zero-order valence-electron chi connectivity index (χ0n) is 14.1. The van der Waals surface area contributed by atoms with Gasteiger partial charge in [0.05, 0.1) is 23.5 Å². The summed E-state index contributed by atoms with van der Waals surface area (Å²) in [6, 6.07) is 3.86. The van der Waals surface area contributed by atoms with Gasteiger partial charge in [0.2, 0.25) is 5.91 Å². The summed E-state index contributed by atoms with van der Waals surface area (Å²) in [4.78, 5) is 21.6. The van der Waals surface area contributed by atoms with E-state index < -0.39 is 0 Å². The third kappa shape index (κ3) is 2.71. The fraction of sp³-hybridized carbons (Fsp3) is 0.500. The Morgan fingerprint density at radius 3 is 2.92 bits per heavy atom. The minimum Gasteiger partial charge on any atom is -0.310 e. The summed E-state index contributed by atoms with van der Waals surface area (Å²) in [5, 5.41) is 4.25. The Hall–Kier alpha value is -2.21. The van der Waals surface area contributed by atoms with Crippen LogP contribution < -0.4 is 4.90 Å². The number of hydrogen-bond acceptors (Lipinski definition) is 4. The minimum atomic E-state index is -0.226. The number of aryl methyl sites for hydroxylation is 1. The van der Waals surface area contributed by atoms with Gasteiger partial charge in [-0.25, -0.2) is 0 Å². The van der Waals surface area contributed by atoms with Crippen LogP contribution in [0.1, 0.15) is 24.8 Å². The average molecular weight is 325 g/mol. The molecule has 6 nitrogen and oxygen atoms in total. The molecule has 4 rings (SSSR count). The summed E-state index contributed by atoms with van der Waals surface area (Å²) in [7, 11) is 1.94. The normalized spacial score (nSPS) is 24.9.